The average Bonchev–Trinajstić information content (AvgIpc) is 2.74. The number of fused-ring (bicyclic) bond motifs is 1. The Morgan fingerprint density at radius 1 is 1.12 bits per heavy atom. The van der Waals surface area contributed by atoms with Gasteiger partial charge in [0.1, 0.15) is 23.0 Å². The van der Waals surface area contributed by atoms with Crippen LogP contribution in [0.4, 0.5) is 24.5 Å². The van der Waals surface area contributed by atoms with Crippen molar-refractivity contribution in [3.05, 3.63) is 69.3 Å². The van der Waals surface area contributed by atoms with Gasteiger partial charge in [-0.15, -0.1) is 0 Å². The van der Waals surface area contributed by atoms with Crippen LogP contribution in [0.15, 0.2) is 35.3 Å². The number of pyridine rings is 1. The number of carbonyl (C=O) groups is 1. The molecule has 3 rings (SSSR count). The van der Waals surface area contributed by atoms with Crippen molar-refractivity contribution in [1.82, 2.24) is 4.57 Å². The molecule has 0 bridgehead atoms. The molecule has 3 aromatic rings. The van der Waals surface area contributed by atoms with Crippen LogP contribution in [0.5, 0.6) is 0 Å². The van der Waals surface area contributed by atoms with E-state index < -0.39 is 40.5 Å². The first-order chi connectivity index (χ1) is 16.0. The Morgan fingerprint density at radius 2 is 1.74 bits per heavy atom. The van der Waals surface area contributed by atoms with Crippen LogP contribution in [0, 0.1) is 23.4 Å². The summed E-state index contributed by atoms with van der Waals surface area (Å²) in [6, 6.07) is 3.72. The molecule has 0 aliphatic rings. The molecule has 0 radical (unpaired) electrons. The summed E-state index contributed by atoms with van der Waals surface area (Å²) in [4.78, 5) is 26.5. The number of aliphatic hydroxyl groups excluding tert-OH is 1. The SMILES string of the molecule is CC(C)C(CO)n1cc(C(=O)O)c(=O)c2cc(NCc3c(F)cc(F)cc3F)c(N(C)C)cc21. The van der Waals surface area contributed by atoms with E-state index in [0.29, 0.717) is 29.0 Å². The van der Waals surface area contributed by atoms with Gasteiger partial charge in [-0.1, -0.05) is 13.8 Å². The lowest BCUT2D eigenvalue weighted by atomic mass is 10.0. The van der Waals surface area contributed by atoms with E-state index in [9.17, 15) is 33.0 Å². The van der Waals surface area contributed by atoms with E-state index in [0.717, 1.165) is 0 Å². The molecule has 3 N–H and O–H groups in total. The number of nitrogens with one attached hydrogen (secondary N) is 1. The summed E-state index contributed by atoms with van der Waals surface area (Å²) < 4.78 is 43.0. The van der Waals surface area contributed by atoms with Gasteiger partial charge in [-0.05, 0) is 18.1 Å². The van der Waals surface area contributed by atoms with Gasteiger partial charge >= 0.3 is 5.97 Å². The Morgan fingerprint density at radius 3 is 2.24 bits per heavy atom. The second-order valence-electron chi connectivity index (χ2n) is 8.56. The van der Waals surface area contributed by atoms with E-state index in [-0.39, 0.29) is 30.0 Å². The van der Waals surface area contributed by atoms with E-state index in [4.69, 9.17) is 0 Å². The molecule has 1 heterocycles. The Balaban J connectivity index is 2.24. The van der Waals surface area contributed by atoms with Crippen molar-refractivity contribution in [2.24, 2.45) is 5.92 Å². The number of aliphatic hydroxyl groups is 1. The topological polar surface area (TPSA) is 94.8 Å². The molecule has 1 atom stereocenters. The van der Waals surface area contributed by atoms with Gasteiger partial charge in [-0.25, -0.2) is 18.0 Å². The summed E-state index contributed by atoms with van der Waals surface area (Å²) in [6.45, 7) is 3.09. The molecule has 34 heavy (non-hydrogen) atoms. The van der Waals surface area contributed by atoms with Gasteiger partial charge in [-0.2, -0.15) is 0 Å². The lowest BCUT2D eigenvalue weighted by molar-refractivity contribution is 0.0694. The highest BCUT2D eigenvalue weighted by molar-refractivity contribution is 5.96. The number of halogens is 3. The molecular formula is C24H26F3N3O4. The zero-order valence-electron chi connectivity index (χ0n) is 19.2. The fourth-order valence-electron chi connectivity index (χ4n) is 3.87. The third kappa shape index (κ3) is 4.72. The number of hydrogen-bond acceptors (Lipinski definition) is 5. The van der Waals surface area contributed by atoms with Crippen LogP contribution in [0.1, 0.15) is 35.8 Å². The number of hydrogen-bond donors (Lipinski definition) is 3. The highest BCUT2D eigenvalue weighted by Gasteiger charge is 2.23. The predicted molar refractivity (Wildman–Crippen MR) is 124 cm³/mol. The Bertz CT molecular complexity index is 1280. The minimum Gasteiger partial charge on any atom is -0.477 e. The normalized spacial score (nSPS) is 12.3. The molecule has 1 aromatic heterocycles. The Hall–Kier alpha value is -3.53. The van der Waals surface area contributed by atoms with Crippen molar-refractivity contribution >= 4 is 28.2 Å². The maximum absolute atomic E-state index is 14.1. The molecule has 1 unspecified atom stereocenters. The first-order valence-electron chi connectivity index (χ1n) is 10.6. The minimum absolute atomic E-state index is 0.0622. The minimum atomic E-state index is -1.41. The summed E-state index contributed by atoms with van der Waals surface area (Å²) in [5.74, 6) is -4.65. The van der Waals surface area contributed by atoms with Crippen molar-refractivity contribution < 1.29 is 28.2 Å². The first-order valence-corrected chi connectivity index (χ1v) is 10.6. The Kier molecular flexibility index (Phi) is 7.21. The van der Waals surface area contributed by atoms with Crippen molar-refractivity contribution in [2.75, 3.05) is 30.9 Å². The van der Waals surface area contributed by atoms with Gasteiger partial charge in [0.25, 0.3) is 0 Å². The van der Waals surface area contributed by atoms with Crippen molar-refractivity contribution in [1.29, 1.82) is 0 Å². The molecule has 0 fully saturated rings. The second-order valence-corrected chi connectivity index (χ2v) is 8.56. The van der Waals surface area contributed by atoms with Gasteiger partial charge in [0.15, 0.2) is 0 Å². The number of rotatable bonds is 8. The smallest absolute Gasteiger partial charge is 0.341 e. The third-order valence-corrected chi connectivity index (χ3v) is 5.74. The third-order valence-electron chi connectivity index (χ3n) is 5.74. The van der Waals surface area contributed by atoms with Crippen LogP contribution in [-0.4, -0.2) is 41.5 Å². The lowest BCUT2D eigenvalue weighted by Crippen LogP contribution is -2.26. The molecule has 7 nitrogen and oxygen atoms in total. The van der Waals surface area contributed by atoms with Crippen molar-refractivity contribution in [3.63, 3.8) is 0 Å². The average molecular weight is 477 g/mol. The molecule has 0 saturated heterocycles. The van der Waals surface area contributed by atoms with Gasteiger partial charge < -0.3 is 25.0 Å². The van der Waals surface area contributed by atoms with Crippen LogP contribution in [0.3, 0.4) is 0 Å². The number of aromatic nitrogens is 1. The fraction of sp³-hybridized carbons (Fsp3) is 0.333. The summed E-state index contributed by atoms with van der Waals surface area (Å²) in [7, 11) is 3.46. The number of aromatic carboxylic acids is 1. The van der Waals surface area contributed by atoms with Crippen LogP contribution in [-0.2, 0) is 6.54 Å². The second kappa shape index (κ2) is 9.76. The highest BCUT2D eigenvalue weighted by atomic mass is 19.1. The summed E-state index contributed by atoms with van der Waals surface area (Å²) in [5.41, 5.74) is -0.319. The molecular weight excluding hydrogens is 451 g/mol. The maximum Gasteiger partial charge on any atom is 0.341 e. The summed E-state index contributed by atoms with van der Waals surface area (Å²) in [5, 5.41) is 22.5. The van der Waals surface area contributed by atoms with Crippen molar-refractivity contribution in [2.45, 2.75) is 26.4 Å². The Labute approximate surface area is 194 Å². The molecule has 0 amide bonds. The predicted octanol–water partition coefficient (Wildman–Crippen LogP) is 3.98. The van der Waals surface area contributed by atoms with Gasteiger partial charge in [0.05, 0.1) is 29.5 Å². The number of carboxylic acid groups (broad SMARTS) is 1. The molecule has 0 aliphatic heterocycles. The quantitative estimate of drug-likeness (QED) is 0.454. The van der Waals surface area contributed by atoms with E-state index in [1.165, 1.54) is 12.3 Å². The largest absolute Gasteiger partial charge is 0.477 e. The van der Waals surface area contributed by atoms with Gasteiger partial charge in [0.2, 0.25) is 5.43 Å². The molecule has 2 aromatic carbocycles. The maximum atomic E-state index is 14.1. The highest BCUT2D eigenvalue weighted by Crippen LogP contribution is 2.32. The van der Waals surface area contributed by atoms with Crippen molar-refractivity contribution in [3.8, 4) is 0 Å². The van der Waals surface area contributed by atoms with Crippen LogP contribution in [0.2, 0.25) is 0 Å². The monoisotopic (exact) mass is 477 g/mol. The number of carboxylic acids is 1. The molecule has 0 spiro atoms. The zero-order chi connectivity index (χ0) is 25.3. The fourth-order valence-corrected chi connectivity index (χ4v) is 3.87. The van der Waals surface area contributed by atoms with Gasteiger partial charge in [-0.3, -0.25) is 4.79 Å². The summed E-state index contributed by atoms with van der Waals surface area (Å²) >= 11 is 0. The molecule has 0 aliphatic carbocycles. The lowest BCUT2D eigenvalue weighted by Gasteiger charge is -2.26. The van der Waals surface area contributed by atoms with Crippen LogP contribution in [0.25, 0.3) is 10.9 Å². The van der Waals surface area contributed by atoms with E-state index in [1.807, 2.05) is 13.8 Å². The van der Waals surface area contributed by atoms with Crippen LogP contribution < -0.4 is 15.6 Å². The number of nitrogens with zero attached hydrogens (tertiary/aromatic N) is 2. The van der Waals surface area contributed by atoms with Gasteiger partial charge in [0, 0.05) is 49.9 Å². The molecule has 10 heteroatoms. The van der Waals surface area contributed by atoms with Crippen LogP contribution >= 0.6 is 0 Å². The molecule has 0 saturated carbocycles. The summed E-state index contributed by atoms with van der Waals surface area (Å²) in [6.07, 6.45) is 1.23. The van der Waals surface area contributed by atoms with E-state index in [1.54, 1.807) is 29.6 Å². The first kappa shape index (κ1) is 25.1. The number of benzene rings is 2. The van der Waals surface area contributed by atoms with E-state index in [2.05, 4.69) is 5.32 Å². The van der Waals surface area contributed by atoms with E-state index >= 15 is 0 Å². The zero-order valence-corrected chi connectivity index (χ0v) is 19.2. The standard InChI is InChI=1S/C24H26F3N3O4/c1-12(2)22(11-31)30-10-16(24(33)34)23(32)14-7-19(21(29(3)4)8-20(14)30)28-9-15-17(26)5-13(25)6-18(15)27/h5-8,10,12,22,28,31H,9,11H2,1-4H3,(H,33,34). The molecule has 182 valence electrons. The number of anilines is 2.